The fraction of sp³-hybridized carbons (Fsp3) is 0.529. The molecule has 1 aromatic carbocycles. The number of hydrogen-bond donors (Lipinski definition) is 0. The van der Waals surface area contributed by atoms with Crippen LogP contribution in [0.2, 0.25) is 5.02 Å². The van der Waals surface area contributed by atoms with Crippen LogP contribution in [0.3, 0.4) is 0 Å². The van der Waals surface area contributed by atoms with E-state index < -0.39 is 10.0 Å². The average molecular weight is 479 g/mol. The van der Waals surface area contributed by atoms with Gasteiger partial charge >= 0.3 is 0 Å². The van der Waals surface area contributed by atoms with E-state index in [0.29, 0.717) is 38.8 Å². The van der Waals surface area contributed by atoms with E-state index in [1.165, 1.54) is 15.6 Å². The third-order valence-electron chi connectivity index (χ3n) is 4.25. The van der Waals surface area contributed by atoms with Crippen LogP contribution in [0.15, 0.2) is 33.5 Å². The molecule has 0 saturated carbocycles. The first-order chi connectivity index (χ1) is 13.3. The number of thioether (sulfide) groups is 1. The highest BCUT2D eigenvalue weighted by Crippen LogP contribution is 2.26. The Balaban J connectivity index is 1.60. The van der Waals surface area contributed by atoms with Gasteiger partial charge in [0.2, 0.25) is 10.0 Å². The lowest BCUT2D eigenvalue weighted by Crippen LogP contribution is -2.49. The van der Waals surface area contributed by atoms with Crippen molar-refractivity contribution in [2.24, 2.45) is 5.92 Å². The van der Waals surface area contributed by atoms with Gasteiger partial charge < -0.3 is 0 Å². The first kappa shape index (κ1) is 22.2. The van der Waals surface area contributed by atoms with Gasteiger partial charge in [-0.05, 0) is 30.3 Å². The van der Waals surface area contributed by atoms with E-state index in [0.717, 1.165) is 14.0 Å². The number of nitrogens with zero attached hydrogens (tertiary/aromatic N) is 4. The van der Waals surface area contributed by atoms with Gasteiger partial charge in [-0.2, -0.15) is 9.40 Å². The molecule has 3 rings (SSSR count). The number of aromatic nitrogens is 2. The third kappa shape index (κ3) is 5.35. The van der Waals surface area contributed by atoms with Crippen LogP contribution in [0.4, 0.5) is 0 Å². The van der Waals surface area contributed by atoms with Crippen LogP contribution in [0.1, 0.15) is 13.8 Å². The Kier molecular flexibility index (Phi) is 7.57. The fourth-order valence-electron chi connectivity index (χ4n) is 2.77. The maximum absolute atomic E-state index is 12.8. The normalized spacial score (nSPS) is 16.7. The van der Waals surface area contributed by atoms with Gasteiger partial charge in [0.05, 0.1) is 11.7 Å². The molecule has 0 aliphatic carbocycles. The van der Waals surface area contributed by atoms with E-state index in [1.807, 2.05) is 4.68 Å². The summed E-state index contributed by atoms with van der Waals surface area (Å²) in [6.45, 7) is 7.02. The summed E-state index contributed by atoms with van der Waals surface area (Å²) in [6, 6.07) is 6.57. The van der Waals surface area contributed by atoms with Crippen molar-refractivity contribution < 1.29 is 8.42 Å². The minimum Gasteiger partial charge on any atom is -0.282 e. The van der Waals surface area contributed by atoms with E-state index in [4.69, 9.17) is 23.8 Å². The molecule has 11 heteroatoms. The summed E-state index contributed by atoms with van der Waals surface area (Å²) in [7, 11) is -3.58. The van der Waals surface area contributed by atoms with E-state index >= 15 is 0 Å². The smallest absolute Gasteiger partial charge is 0.244 e. The maximum atomic E-state index is 12.8. The second-order valence-corrected chi connectivity index (χ2v) is 12.1. The molecule has 28 heavy (non-hydrogen) atoms. The lowest BCUT2D eigenvalue weighted by atomic mass is 10.3. The molecule has 2 aromatic rings. The number of rotatable bonds is 7. The summed E-state index contributed by atoms with van der Waals surface area (Å²) in [4.78, 5) is 2.34. The molecule has 0 N–H and O–H groups in total. The highest BCUT2D eigenvalue weighted by Gasteiger charge is 2.30. The van der Waals surface area contributed by atoms with Gasteiger partial charge in [0, 0.05) is 31.9 Å². The molecule has 0 radical (unpaired) electrons. The third-order valence-corrected chi connectivity index (χ3v) is 9.51. The first-order valence-corrected chi connectivity index (χ1v) is 13.0. The molecule has 154 valence electrons. The van der Waals surface area contributed by atoms with Crippen molar-refractivity contribution in [2.45, 2.75) is 29.8 Å². The van der Waals surface area contributed by atoms with Crippen LogP contribution in [-0.2, 0) is 16.7 Å². The molecular formula is C17H23ClN4O2S4. The molecule has 2 heterocycles. The number of benzene rings is 1. The molecule has 0 atom stereocenters. The van der Waals surface area contributed by atoms with E-state index in [-0.39, 0.29) is 9.92 Å². The molecular weight excluding hydrogens is 456 g/mol. The molecule has 0 unspecified atom stereocenters. The zero-order chi connectivity index (χ0) is 20.3. The lowest BCUT2D eigenvalue weighted by molar-refractivity contribution is 0.144. The van der Waals surface area contributed by atoms with Crippen LogP contribution in [0.25, 0.3) is 0 Å². The van der Waals surface area contributed by atoms with Gasteiger partial charge in [0.15, 0.2) is 8.29 Å². The Hall–Kier alpha value is -0.490. The lowest BCUT2D eigenvalue weighted by Gasteiger charge is -2.33. The highest BCUT2D eigenvalue weighted by atomic mass is 35.5. The zero-order valence-electron chi connectivity index (χ0n) is 15.7. The van der Waals surface area contributed by atoms with Crippen molar-refractivity contribution >= 4 is 56.9 Å². The number of sulfonamides is 1. The molecule has 1 aromatic heterocycles. The van der Waals surface area contributed by atoms with Crippen LogP contribution in [0, 0.1) is 9.87 Å². The van der Waals surface area contributed by atoms with Crippen LogP contribution in [-0.4, -0.2) is 59.3 Å². The predicted octanol–water partition coefficient (Wildman–Crippen LogP) is 4.04. The van der Waals surface area contributed by atoms with Gasteiger partial charge in [-0.3, -0.25) is 4.90 Å². The topological polar surface area (TPSA) is 58.4 Å². The van der Waals surface area contributed by atoms with E-state index in [2.05, 4.69) is 23.8 Å². The zero-order valence-corrected chi connectivity index (χ0v) is 19.8. The number of hydrogen-bond acceptors (Lipinski definition) is 7. The molecule has 1 saturated heterocycles. The molecule has 0 amide bonds. The van der Waals surface area contributed by atoms with Crippen molar-refractivity contribution in [3.63, 3.8) is 0 Å². The Morgan fingerprint density at radius 3 is 2.57 bits per heavy atom. The van der Waals surface area contributed by atoms with Crippen LogP contribution >= 0.6 is 46.9 Å². The summed E-state index contributed by atoms with van der Waals surface area (Å²) in [5.74, 6) is 1.62. The van der Waals surface area contributed by atoms with Gasteiger partial charge in [-0.25, -0.2) is 13.1 Å². The quantitative estimate of drug-likeness (QED) is 0.442. The second kappa shape index (κ2) is 9.55. The van der Waals surface area contributed by atoms with Gasteiger partial charge in [0.25, 0.3) is 0 Å². The van der Waals surface area contributed by atoms with Crippen molar-refractivity contribution in [2.75, 3.05) is 31.9 Å². The van der Waals surface area contributed by atoms with E-state index in [1.54, 1.807) is 36.0 Å². The largest absolute Gasteiger partial charge is 0.282 e. The predicted molar refractivity (Wildman–Crippen MR) is 118 cm³/mol. The second-order valence-electron chi connectivity index (χ2n) is 6.93. The summed E-state index contributed by atoms with van der Waals surface area (Å²) in [5, 5.41) is 4.86. The minimum atomic E-state index is -3.58. The van der Waals surface area contributed by atoms with Crippen molar-refractivity contribution in [3.05, 3.63) is 33.2 Å². The monoisotopic (exact) mass is 478 g/mol. The Labute approximate surface area is 184 Å². The van der Waals surface area contributed by atoms with Crippen molar-refractivity contribution in [1.82, 2.24) is 19.0 Å². The highest BCUT2D eigenvalue weighted by molar-refractivity contribution is 8.01. The van der Waals surface area contributed by atoms with Gasteiger partial charge in [0.1, 0.15) is 4.90 Å². The minimum absolute atomic E-state index is 0.165. The summed E-state index contributed by atoms with van der Waals surface area (Å²) < 4.78 is 30.8. The van der Waals surface area contributed by atoms with Gasteiger partial charge in [-0.15, -0.1) is 0 Å². The SMILES string of the molecule is CC(C)CSc1nn(CN2CCN(S(=O)(=O)c3ccccc3Cl)CC2)c(=S)s1. The standard InChI is InChI=1S/C17H23ClN4O2S4/c1-13(2)11-26-16-19-22(17(25)27-16)12-20-7-9-21(10-8-20)28(23,24)15-6-4-3-5-14(15)18/h3-6,13H,7-12H2,1-2H3. The van der Waals surface area contributed by atoms with Crippen LogP contribution in [0.5, 0.6) is 0 Å². The number of piperazine rings is 1. The van der Waals surface area contributed by atoms with Crippen molar-refractivity contribution in [3.8, 4) is 0 Å². The Morgan fingerprint density at radius 2 is 1.93 bits per heavy atom. The summed E-state index contributed by atoms with van der Waals surface area (Å²) in [6.07, 6.45) is 0. The molecule has 1 aliphatic heterocycles. The molecule has 6 nitrogen and oxygen atoms in total. The fourth-order valence-corrected chi connectivity index (χ4v) is 6.98. The Morgan fingerprint density at radius 1 is 1.25 bits per heavy atom. The van der Waals surface area contributed by atoms with E-state index in [9.17, 15) is 8.42 Å². The Bertz CT molecular complexity index is 966. The summed E-state index contributed by atoms with van der Waals surface area (Å²) in [5.41, 5.74) is 0. The average Bonchev–Trinajstić information content (AvgIpc) is 3.00. The summed E-state index contributed by atoms with van der Waals surface area (Å²) >= 11 is 14.8. The molecule has 1 aliphatic rings. The van der Waals surface area contributed by atoms with Crippen molar-refractivity contribution in [1.29, 1.82) is 0 Å². The molecule has 0 bridgehead atoms. The molecule has 0 spiro atoms. The first-order valence-electron chi connectivity index (χ1n) is 8.95. The van der Waals surface area contributed by atoms with Gasteiger partial charge in [-0.1, -0.05) is 60.7 Å². The number of halogens is 1. The maximum Gasteiger partial charge on any atom is 0.244 e. The van der Waals surface area contributed by atoms with Crippen LogP contribution < -0.4 is 0 Å². The molecule has 1 fully saturated rings.